The van der Waals surface area contributed by atoms with Gasteiger partial charge >= 0.3 is 5.97 Å². The van der Waals surface area contributed by atoms with E-state index < -0.39 is 0 Å². The molecule has 0 aliphatic carbocycles. The van der Waals surface area contributed by atoms with Gasteiger partial charge in [-0.1, -0.05) is 0 Å². The molecule has 84 valence electrons. The zero-order chi connectivity index (χ0) is 11.3. The highest BCUT2D eigenvalue weighted by atomic mass is 16.5. The maximum atomic E-state index is 11.1. The minimum absolute atomic E-state index is 0.159. The standard InChI is InChI=1S/C11H18N2O2/c1-13(2)10(6-7-11(14)15-3)9-5-4-8-12-9/h4-5,8,10,12H,6-7H2,1-3H3. The maximum absolute atomic E-state index is 11.1. The Balaban J connectivity index is 2.56. The quantitative estimate of drug-likeness (QED) is 0.750. The molecule has 0 radical (unpaired) electrons. The monoisotopic (exact) mass is 210 g/mol. The number of rotatable bonds is 5. The minimum atomic E-state index is -0.159. The zero-order valence-electron chi connectivity index (χ0n) is 9.49. The van der Waals surface area contributed by atoms with E-state index in [0.717, 1.165) is 12.1 Å². The van der Waals surface area contributed by atoms with Gasteiger partial charge in [-0.2, -0.15) is 0 Å². The van der Waals surface area contributed by atoms with Crippen molar-refractivity contribution in [3.05, 3.63) is 24.0 Å². The van der Waals surface area contributed by atoms with Crippen LogP contribution in [0, 0.1) is 0 Å². The molecule has 0 aliphatic rings. The number of hydrogen-bond donors (Lipinski definition) is 1. The zero-order valence-corrected chi connectivity index (χ0v) is 9.49. The molecule has 4 heteroatoms. The Kier molecular flexibility index (Phi) is 4.37. The second kappa shape index (κ2) is 5.56. The molecule has 1 atom stereocenters. The van der Waals surface area contributed by atoms with Crippen LogP contribution in [0.4, 0.5) is 0 Å². The van der Waals surface area contributed by atoms with Crippen LogP contribution in [0.1, 0.15) is 24.6 Å². The molecule has 0 fully saturated rings. The molecule has 15 heavy (non-hydrogen) atoms. The van der Waals surface area contributed by atoms with E-state index in [0.29, 0.717) is 6.42 Å². The third-order valence-electron chi connectivity index (χ3n) is 2.45. The highest BCUT2D eigenvalue weighted by Crippen LogP contribution is 2.21. The number of methoxy groups -OCH3 is 1. The molecule has 0 bridgehead atoms. The normalized spacial score (nSPS) is 12.8. The van der Waals surface area contributed by atoms with E-state index in [9.17, 15) is 4.79 Å². The van der Waals surface area contributed by atoms with E-state index in [-0.39, 0.29) is 12.0 Å². The summed E-state index contributed by atoms with van der Waals surface area (Å²) in [5.41, 5.74) is 1.13. The summed E-state index contributed by atoms with van der Waals surface area (Å²) < 4.78 is 4.63. The van der Waals surface area contributed by atoms with Gasteiger partial charge in [-0.05, 0) is 32.6 Å². The highest BCUT2D eigenvalue weighted by Gasteiger charge is 2.16. The molecular weight excluding hydrogens is 192 g/mol. The van der Waals surface area contributed by atoms with Crippen molar-refractivity contribution < 1.29 is 9.53 Å². The Morgan fingerprint density at radius 2 is 2.33 bits per heavy atom. The van der Waals surface area contributed by atoms with Gasteiger partial charge in [0.15, 0.2) is 0 Å². The molecule has 1 N–H and O–H groups in total. The van der Waals surface area contributed by atoms with Crippen LogP contribution in [0.15, 0.2) is 18.3 Å². The van der Waals surface area contributed by atoms with Crippen molar-refractivity contribution in [3.63, 3.8) is 0 Å². The molecule has 0 saturated heterocycles. The highest BCUT2D eigenvalue weighted by molar-refractivity contribution is 5.69. The second-order valence-electron chi connectivity index (χ2n) is 3.72. The van der Waals surface area contributed by atoms with Gasteiger partial charge in [-0.25, -0.2) is 0 Å². The molecule has 1 heterocycles. The maximum Gasteiger partial charge on any atom is 0.305 e. The van der Waals surface area contributed by atoms with Gasteiger partial charge in [-0.3, -0.25) is 4.79 Å². The number of nitrogens with one attached hydrogen (secondary N) is 1. The van der Waals surface area contributed by atoms with Crippen molar-refractivity contribution >= 4 is 5.97 Å². The van der Waals surface area contributed by atoms with Crippen LogP contribution >= 0.6 is 0 Å². The first-order valence-corrected chi connectivity index (χ1v) is 5.01. The SMILES string of the molecule is COC(=O)CCC(c1ccc[nH]1)N(C)C. The van der Waals surface area contributed by atoms with E-state index in [1.165, 1.54) is 7.11 Å². The van der Waals surface area contributed by atoms with Gasteiger partial charge in [0.05, 0.1) is 7.11 Å². The Morgan fingerprint density at radius 3 is 2.80 bits per heavy atom. The summed E-state index contributed by atoms with van der Waals surface area (Å²) in [7, 11) is 5.42. The first kappa shape index (κ1) is 11.8. The van der Waals surface area contributed by atoms with Crippen LogP contribution in [0.3, 0.4) is 0 Å². The summed E-state index contributed by atoms with van der Waals surface area (Å²) in [5.74, 6) is -0.159. The third-order valence-corrected chi connectivity index (χ3v) is 2.45. The van der Waals surface area contributed by atoms with E-state index in [1.807, 2.05) is 32.4 Å². The summed E-state index contributed by atoms with van der Waals surface area (Å²) in [4.78, 5) is 16.3. The lowest BCUT2D eigenvalue weighted by Crippen LogP contribution is -2.21. The first-order valence-electron chi connectivity index (χ1n) is 5.01. The van der Waals surface area contributed by atoms with Crippen LogP contribution in [-0.4, -0.2) is 37.1 Å². The van der Waals surface area contributed by atoms with Crippen molar-refractivity contribution in [3.8, 4) is 0 Å². The number of hydrogen-bond acceptors (Lipinski definition) is 3. The molecule has 1 aromatic rings. The number of esters is 1. The van der Waals surface area contributed by atoms with Crippen molar-refractivity contribution in [2.75, 3.05) is 21.2 Å². The molecule has 4 nitrogen and oxygen atoms in total. The molecule has 1 rings (SSSR count). The number of ether oxygens (including phenoxy) is 1. The van der Waals surface area contributed by atoms with Gasteiger partial charge < -0.3 is 14.6 Å². The molecule has 0 aromatic carbocycles. The van der Waals surface area contributed by atoms with Crippen LogP contribution in [-0.2, 0) is 9.53 Å². The Labute approximate surface area is 90.2 Å². The number of carbonyl (C=O) groups excluding carboxylic acids is 1. The fourth-order valence-corrected chi connectivity index (χ4v) is 1.60. The smallest absolute Gasteiger partial charge is 0.305 e. The number of H-pyrrole nitrogens is 1. The van der Waals surface area contributed by atoms with Crippen molar-refractivity contribution in [2.45, 2.75) is 18.9 Å². The van der Waals surface area contributed by atoms with E-state index in [2.05, 4.69) is 14.6 Å². The van der Waals surface area contributed by atoms with Crippen LogP contribution in [0.25, 0.3) is 0 Å². The third kappa shape index (κ3) is 3.40. The van der Waals surface area contributed by atoms with E-state index >= 15 is 0 Å². The van der Waals surface area contributed by atoms with Gasteiger partial charge in [0.25, 0.3) is 0 Å². The number of aromatic amines is 1. The number of nitrogens with zero attached hydrogens (tertiary/aromatic N) is 1. The Hall–Kier alpha value is -1.29. The predicted octanol–water partition coefficient (Wildman–Crippen LogP) is 1.57. The molecule has 1 unspecified atom stereocenters. The Morgan fingerprint density at radius 1 is 1.60 bits per heavy atom. The molecular formula is C11H18N2O2. The number of carbonyl (C=O) groups is 1. The fourth-order valence-electron chi connectivity index (χ4n) is 1.60. The second-order valence-corrected chi connectivity index (χ2v) is 3.72. The topological polar surface area (TPSA) is 45.3 Å². The summed E-state index contributed by atoms with van der Waals surface area (Å²) in [6.45, 7) is 0. The summed E-state index contributed by atoms with van der Waals surface area (Å²) in [6.07, 6.45) is 3.10. The van der Waals surface area contributed by atoms with Crippen molar-refractivity contribution in [1.29, 1.82) is 0 Å². The molecule has 0 spiro atoms. The van der Waals surface area contributed by atoms with Gasteiger partial charge in [0.2, 0.25) is 0 Å². The van der Waals surface area contributed by atoms with Crippen LogP contribution < -0.4 is 0 Å². The average Bonchev–Trinajstić information content (AvgIpc) is 2.70. The minimum Gasteiger partial charge on any atom is -0.469 e. The molecule has 0 saturated carbocycles. The average molecular weight is 210 g/mol. The van der Waals surface area contributed by atoms with Crippen LogP contribution in [0.2, 0.25) is 0 Å². The lowest BCUT2D eigenvalue weighted by Gasteiger charge is -2.22. The summed E-state index contributed by atoms with van der Waals surface area (Å²) in [5, 5.41) is 0. The summed E-state index contributed by atoms with van der Waals surface area (Å²) in [6, 6.07) is 4.23. The predicted molar refractivity (Wildman–Crippen MR) is 58.5 cm³/mol. The molecule has 0 amide bonds. The van der Waals surface area contributed by atoms with E-state index in [1.54, 1.807) is 0 Å². The van der Waals surface area contributed by atoms with Crippen molar-refractivity contribution in [1.82, 2.24) is 9.88 Å². The van der Waals surface area contributed by atoms with Gasteiger partial charge in [0.1, 0.15) is 0 Å². The lowest BCUT2D eigenvalue weighted by atomic mass is 10.1. The van der Waals surface area contributed by atoms with Crippen LogP contribution in [0.5, 0.6) is 0 Å². The number of aromatic nitrogens is 1. The van der Waals surface area contributed by atoms with Gasteiger partial charge in [0, 0.05) is 24.4 Å². The Bertz CT molecular complexity index is 294. The van der Waals surface area contributed by atoms with Crippen molar-refractivity contribution in [2.24, 2.45) is 0 Å². The molecule has 1 aromatic heterocycles. The lowest BCUT2D eigenvalue weighted by molar-refractivity contribution is -0.141. The largest absolute Gasteiger partial charge is 0.469 e. The first-order chi connectivity index (χ1) is 7.15. The molecule has 0 aliphatic heterocycles. The fraction of sp³-hybridized carbons (Fsp3) is 0.545. The summed E-state index contributed by atoms with van der Waals surface area (Å²) >= 11 is 0. The van der Waals surface area contributed by atoms with Gasteiger partial charge in [-0.15, -0.1) is 0 Å². The van der Waals surface area contributed by atoms with E-state index in [4.69, 9.17) is 0 Å².